The van der Waals surface area contributed by atoms with Gasteiger partial charge in [-0.05, 0) is 85.6 Å². The van der Waals surface area contributed by atoms with Gasteiger partial charge in [0, 0.05) is 30.6 Å². The molecule has 12 heteroatoms. The molecule has 1 aliphatic heterocycles. The molecule has 2 N–H and O–H groups in total. The Hall–Kier alpha value is -6.30. The Labute approximate surface area is 296 Å². The van der Waals surface area contributed by atoms with E-state index in [1.165, 1.54) is 0 Å². The van der Waals surface area contributed by atoms with Crippen molar-refractivity contribution >= 4 is 34.6 Å². The van der Waals surface area contributed by atoms with Crippen LogP contribution in [-0.2, 0) is 12.8 Å². The lowest BCUT2D eigenvalue weighted by atomic mass is 10.0. The Balaban J connectivity index is 1.40. The fourth-order valence-corrected chi connectivity index (χ4v) is 5.23. The predicted molar refractivity (Wildman–Crippen MR) is 195 cm³/mol. The monoisotopic (exact) mass is 688 g/mol. The number of allylic oxidation sites excluding steroid dienone is 2. The number of nitrogens with zero attached hydrogens (tertiary/aromatic N) is 4. The van der Waals surface area contributed by atoms with Crippen molar-refractivity contribution in [1.29, 1.82) is 0 Å². The molecule has 1 aliphatic rings. The third kappa shape index (κ3) is 9.66. The van der Waals surface area contributed by atoms with Crippen LogP contribution in [0.15, 0.2) is 119 Å². The smallest absolute Gasteiger partial charge is 0.255 e. The van der Waals surface area contributed by atoms with Crippen LogP contribution in [0.3, 0.4) is 0 Å². The van der Waals surface area contributed by atoms with Gasteiger partial charge in [0.05, 0.1) is 61.3 Å². The first-order valence-electron chi connectivity index (χ1n) is 16.4. The van der Waals surface area contributed by atoms with Gasteiger partial charge < -0.3 is 29.6 Å². The highest BCUT2D eigenvalue weighted by Crippen LogP contribution is 2.34. The number of amides is 2. The minimum Gasteiger partial charge on any atom is -0.497 e. The highest BCUT2D eigenvalue weighted by atomic mass is 16.5. The van der Waals surface area contributed by atoms with Crippen LogP contribution >= 0.6 is 0 Å². The number of hydrogen-bond donors (Lipinski definition) is 2. The molecule has 51 heavy (non-hydrogen) atoms. The van der Waals surface area contributed by atoms with Crippen LogP contribution in [0.2, 0.25) is 0 Å². The molecule has 4 aromatic carbocycles. The van der Waals surface area contributed by atoms with Crippen LogP contribution in [0.5, 0.6) is 23.0 Å². The Morgan fingerprint density at radius 2 is 1.02 bits per heavy atom. The van der Waals surface area contributed by atoms with Crippen LogP contribution < -0.4 is 29.6 Å². The molecular formula is C39H40N6O6. The zero-order valence-electron chi connectivity index (χ0n) is 28.7. The quantitative estimate of drug-likeness (QED) is 0.127. The van der Waals surface area contributed by atoms with Crippen molar-refractivity contribution in [3.63, 3.8) is 0 Å². The molecule has 0 saturated carbocycles. The van der Waals surface area contributed by atoms with Crippen molar-refractivity contribution in [3.05, 3.63) is 120 Å². The number of azo groups is 2. The zero-order chi connectivity index (χ0) is 36.0. The first-order chi connectivity index (χ1) is 24.9. The van der Waals surface area contributed by atoms with Crippen LogP contribution in [-0.4, -0.2) is 52.3 Å². The van der Waals surface area contributed by atoms with Gasteiger partial charge in [-0.2, -0.15) is 20.5 Å². The van der Waals surface area contributed by atoms with E-state index in [1.54, 1.807) is 87.0 Å². The van der Waals surface area contributed by atoms with E-state index in [2.05, 4.69) is 44.2 Å². The van der Waals surface area contributed by atoms with E-state index in [4.69, 9.17) is 18.9 Å². The number of benzene rings is 4. The molecule has 12 nitrogen and oxygen atoms in total. The van der Waals surface area contributed by atoms with Crippen molar-refractivity contribution in [2.75, 3.05) is 40.5 Å². The van der Waals surface area contributed by atoms with E-state index in [9.17, 15) is 9.59 Å². The van der Waals surface area contributed by atoms with Gasteiger partial charge in [-0.3, -0.25) is 9.59 Å². The average Bonchev–Trinajstić information content (AvgIpc) is 3.16. The van der Waals surface area contributed by atoms with Gasteiger partial charge in [0.2, 0.25) is 0 Å². The van der Waals surface area contributed by atoms with Crippen molar-refractivity contribution in [2.24, 2.45) is 20.5 Å². The first-order valence-corrected chi connectivity index (χ1v) is 16.4. The molecule has 5 rings (SSSR count). The average molecular weight is 689 g/mol. The second-order valence-corrected chi connectivity index (χ2v) is 11.3. The summed E-state index contributed by atoms with van der Waals surface area (Å²) in [7, 11) is 3.19. The number of methoxy groups -OCH3 is 2. The summed E-state index contributed by atoms with van der Waals surface area (Å²) in [5, 5.41) is 23.3. The topological polar surface area (TPSA) is 145 Å². The summed E-state index contributed by atoms with van der Waals surface area (Å²) >= 11 is 0. The molecular weight excluding hydrogens is 648 g/mol. The molecule has 0 aromatic heterocycles. The van der Waals surface area contributed by atoms with Gasteiger partial charge in [0.15, 0.2) is 0 Å². The number of nitrogens with one attached hydrogen (secondary N) is 2. The van der Waals surface area contributed by atoms with Crippen molar-refractivity contribution in [2.45, 2.75) is 19.3 Å². The Bertz CT molecular complexity index is 1780. The second kappa shape index (κ2) is 17.9. The number of rotatable bonds is 10. The summed E-state index contributed by atoms with van der Waals surface area (Å²) in [5.41, 5.74) is 4.24. The van der Waals surface area contributed by atoms with Gasteiger partial charge in [-0.1, -0.05) is 12.2 Å². The van der Waals surface area contributed by atoms with E-state index in [-0.39, 0.29) is 38.1 Å². The van der Waals surface area contributed by atoms with Gasteiger partial charge in [0.1, 0.15) is 23.0 Å². The largest absolute Gasteiger partial charge is 0.497 e. The highest BCUT2D eigenvalue weighted by Gasteiger charge is 2.21. The van der Waals surface area contributed by atoms with Crippen LogP contribution in [0.4, 0.5) is 22.7 Å². The molecule has 0 fully saturated rings. The normalized spacial score (nSPS) is 13.8. The molecule has 2 amide bonds. The maximum absolute atomic E-state index is 13.6. The SMILES string of the molecule is C=CCc1cc(N=Nc2ccc(OC)cc2)cc2c1OCCCOc1c(CC=C)cc(N=Nc3ccc(OC)cc3)cc1C(=O)NCCNC2=O. The van der Waals surface area contributed by atoms with Crippen LogP contribution in [0, 0.1) is 0 Å². The van der Waals surface area contributed by atoms with E-state index in [0.717, 1.165) is 11.1 Å². The molecule has 0 unspecified atom stereocenters. The second-order valence-electron chi connectivity index (χ2n) is 11.3. The lowest BCUT2D eigenvalue weighted by Crippen LogP contribution is -2.35. The van der Waals surface area contributed by atoms with Gasteiger partial charge in [-0.25, -0.2) is 0 Å². The number of hydrogen-bond acceptors (Lipinski definition) is 10. The molecule has 262 valence electrons. The minimum atomic E-state index is -0.382. The van der Waals surface area contributed by atoms with Gasteiger partial charge >= 0.3 is 0 Å². The van der Waals surface area contributed by atoms with Gasteiger partial charge in [0.25, 0.3) is 11.8 Å². The number of carbonyl (C=O) groups excluding carboxylic acids is 2. The van der Waals surface area contributed by atoms with E-state index in [1.807, 2.05) is 12.1 Å². The molecule has 0 radical (unpaired) electrons. The molecule has 4 aromatic rings. The highest BCUT2D eigenvalue weighted by molar-refractivity contribution is 5.99. The number of carbonyl (C=O) groups is 2. The lowest BCUT2D eigenvalue weighted by Gasteiger charge is -2.17. The van der Waals surface area contributed by atoms with Gasteiger partial charge in [-0.15, -0.1) is 13.2 Å². The molecule has 0 aliphatic carbocycles. The van der Waals surface area contributed by atoms with Crippen LogP contribution in [0.1, 0.15) is 38.3 Å². The minimum absolute atomic E-state index is 0.144. The van der Waals surface area contributed by atoms with Crippen LogP contribution in [0.25, 0.3) is 0 Å². The maximum atomic E-state index is 13.6. The predicted octanol–water partition coefficient (Wildman–Crippen LogP) is 8.31. The zero-order valence-corrected chi connectivity index (χ0v) is 28.7. The fraction of sp³-hybridized carbons (Fsp3) is 0.231. The Morgan fingerprint density at radius 3 is 1.39 bits per heavy atom. The summed E-state index contributed by atoms with van der Waals surface area (Å²) in [6.45, 7) is 8.54. The molecule has 0 spiro atoms. The Kier molecular flexibility index (Phi) is 12.6. The molecule has 0 saturated heterocycles. The number of ether oxygens (including phenoxy) is 4. The third-order valence-corrected chi connectivity index (χ3v) is 7.70. The summed E-state index contributed by atoms with van der Waals surface area (Å²) < 4.78 is 22.9. The molecule has 1 heterocycles. The molecule has 0 atom stereocenters. The van der Waals surface area contributed by atoms with Crippen molar-refractivity contribution in [1.82, 2.24) is 10.6 Å². The summed E-state index contributed by atoms with van der Waals surface area (Å²) in [6, 6.07) is 21.2. The van der Waals surface area contributed by atoms with E-state index < -0.39 is 0 Å². The lowest BCUT2D eigenvalue weighted by molar-refractivity contribution is 0.0924. The maximum Gasteiger partial charge on any atom is 0.255 e. The fourth-order valence-electron chi connectivity index (χ4n) is 5.23. The summed E-state index contributed by atoms with van der Waals surface area (Å²) in [5.74, 6) is 1.50. The molecule has 0 bridgehead atoms. The van der Waals surface area contributed by atoms with E-state index in [0.29, 0.717) is 76.1 Å². The van der Waals surface area contributed by atoms with Crippen molar-refractivity contribution in [3.8, 4) is 23.0 Å². The summed E-state index contributed by atoms with van der Waals surface area (Å²) in [6.07, 6.45) is 4.80. The standard InChI is InChI=1S/C39H40N6O6/c1-5-8-26-22-30(44-42-28-10-14-32(48-3)15-11-28)24-34-36(26)50-20-7-21-51-37-27(9-6-2)23-31(45-43-29-12-16-33(49-4)17-13-29)25-35(37)39(47)41-19-18-40-38(34)46/h5-6,10-17,22-25H,1-2,7-9,18-21H2,3-4H3,(H,40,46)(H,41,47). The van der Waals surface area contributed by atoms with E-state index >= 15 is 0 Å². The summed E-state index contributed by atoms with van der Waals surface area (Å²) in [4.78, 5) is 27.2. The third-order valence-electron chi connectivity index (χ3n) is 7.70. The van der Waals surface area contributed by atoms with Crippen molar-refractivity contribution < 1.29 is 28.5 Å². The Morgan fingerprint density at radius 1 is 0.627 bits per heavy atom. The first kappa shape index (κ1) is 36.0. The number of fused-ring (bicyclic) bond motifs is 2.